The molecule has 2 aromatic rings. The summed E-state index contributed by atoms with van der Waals surface area (Å²) >= 11 is 9.37. The Morgan fingerprint density at radius 3 is 2.45 bits per heavy atom. The van der Waals surface area contributed by atoms with E-state index >= 15 is 0 Å². The van der Waals surface area contributed by atoms with Crippen molar-refractivity contribution in [2.45, 2.75) is 31.7 Å². The van der Waals surface area contributed by atoms with Gasteiger partial charge >= 0.3 is 5.97 Å². The third kappa shape index (κ3) is 5.13. The number of benzene rings is 2. The third-order valence-corrected chi connectivity index (χ3v) is 6.03. The van der Waals surface area contributed by atoms with Crippen LogP contribution >= 0.6 is 27.5 Å². The SMILES string of the molecule is CCOC(=O)C(C#N)(NC(C)=O)C(CC(=O)c1ccc(Cl)cc1)c1cc2c(cc1Br)OCO2. The number of nitriles is 1. The van der Waals surface area contributed by atoms with Crippen molar-refractivity contribution in [1.82, 2.24) is 5.32 Å². The van der Waals surface area contributed by atoms with Crippen LogP contribution in [0.15, 0.2) is 40.9 Å². The van der Waals surface area contributed by atoms with Gasteiger partial charge in [-0.05, 0) is 48.9 Å². The molecule has 3 rings (SSSR count). The molecule has 2 unspecified atom stereocenters. The van der Waals surface area contributed by atoms with Gasteiger partial charge in [0.15, 0.2) is 17.3 Å². The van der Waals surface area contributed by atoms with Crippen molar-refractivity contribution in [2.75, 3.05) is 13.4 Å². The second-order valence-corrected chi connectivity index (χ2v) is 8.53. The van der Waals surface area contributed by atoms with E-state index in [1.165, 1.54) is 6.92 Å². The van der Waals surface area contributed by atoms with E-state index in [0.717, 1.165) is 0 Å². The molecule has 1 aliphatic rings. The minimum atomic E-state index is -2.18. The molecule has 8 nitrogen and oxygen atoms in total. The summed E-state index contributed by atoms with van der Waals surface area (Å²) in [6.07, 6.45) is -0.299. The number of rotatable bonds is 8. The quantitative estimate of drug-likeness (QED) is 0.399. The van der Waals surface area contributed by atoms with Gasteiger partial charge in [0.25, 0.3) is 0 Å². The molecule has 0 bridgehead atoms. The van der Waals surface area contributed by atoms with Crippen LogP contribution in [0.25, 0.3) is 0 Å². The second kappa shape index (κ2) is 10.2. The van der Waals surface area contributed by atoms with Gasteiger partial charge in [-0.3, -0.25) is 9.59 Å². The molecule has 0 fully saturated rings. The fraction of sp³-hybridized carbons (Fsp3) is 0.304. The van der Waals surface area contributed by atoms with Gasteiger partial charge in [-0.1, -0.05) is 27.5 Å². The standard InChI is InChI=1S/C23H20BrClN2O6/c1-3-31-22(30)23(11-26,27-13(2)28)17(9-19(29)14-4-6-15(25)7-5-14)16-8-20-21(10-18(16)24)33-12-32-20/h4-8,10,17H,3,9,12H2,1-2H3,(H,27,28). The summed E-state index contributed by atoms with van der Waals surface area (Å²) in [5.74, 6) is -2.25. The lowest BCUT2D eigenvalue weighted by molar-refractivity contribution is -0.151. The summed E-state index contributed by atoms with van der Waals surface area (Å²) in [6, 6.07) is 11.4. The van der Waals surface area contributed by atoms with E-state index in [-0.39, 0.29) is 25.6 Å². The molecule has 10 heteroatoms. The van der Waals surface area contributed by atoms with Crippen LogP contribution in [-0.2, 0) is 14.3 Å². The first-order valence-electron chi connectivity index (χ1n) is 9.96. The molecule has 0 spiro atoms. The highest BCUT2D eigenvalue weighted by Gasteiger charge is 2.51. The summed E-state index contributed by atoms with van der Waals surface area (Å²) < 4.78 is 16.5. The fourth-order valence-corrected chi connectivity index (χ4v) is 4.31. The Morgan fingerprint density at radius 2 is 1.88 bits per heavy atom. The van der Waals surface area contributed by atoms with Gasteiger partial charge in [0.05, 0.1) is 6.61 Å². The van der Waals surface area contributed by atoms with E-state index in [0.29, 0.717) is 32.1 Å². The van der Waals surface area contributed by atoms with Crippen molar-refractivity contribution in [3.05, 3.63) is 57.0 Å². The lowest BCUT2D eigenvalue weighted by Gasteiger charge is -2.34. The molecule has 2 aromatic carbocycles. The topological polar surface area (TPSA) is 115 Å². The highest BCUT2D eigenvalue weighted by atomic mass is 79.9. The van der Waals surface area contributed by atoms with Crippen LogP contribution in [0.3, 0.4) is 0 Å². The fourth-order valence-electron chi connectivity index (χ4n) is 3.59. The maximum absolute atomic E-state index is 13.2. The van der Waals surface area contributed by atoms with Crippen molar-refractivity contribution in [2.24, 2.45) is 0 Å². The zero-order chi connectivity index (χ0) is 24.2. The molecule has 0 saturated carbocycles. The van der Waals surface area contributed by atoms with E-state index in [9.17, 15) is 19.6 Å². The van der Waals surface area contributed by atoms with E-state index in [2.05, 4.69) is 21.2 Å². The number of fused-ring (bicyclic) bond motifs is 1. The monoisotopic (exact) mass is 534 g/mol. The van der Waals surface area contributed by atoms with Crippen LogP contribution in [-0.4, -0.2) is 36.6 Å². The summed E-state index contributed by atoms with van der Waals surface area (Å²) in [6.45, 7) is 2.74. The average Bonchev–Trinajstić information content (AvgIpc) is 3.23. The Morgan fingerprint density at radius 1 is 1.24 bits per heavy atom. The molecule has 0 radical (unpaired) electrons. The number of halogens is 2. The predicted octanol–water partition coefficient (Wildman–Crippen LogP) is 4.15. The predicted molar refractivity (Wildman–Crippen MR) is 122 cm³/mol. The van der Waals surface area contributed by atoms with Gasteiger partial charge in [0.2, 0.25) is 18.2 Å². The first-order valence-corrected chi connectivity index (χ1v) is 11.1. The second-order valence-electron chi connectivity index (χ2n) is 7.24. The number of ketones is 1. The minimum absolute atomic E-state index is 0.00651. The zero-order valence-corrected chi connectivity index (χ0v) is 20.2. The molecule has 0 aromatic heterocycles. The number of carbonyl (C=O) groups is 3. The summed E-state index contributed by atoms with van der Waals surface area (Å²) in [7, 11) is 0. The number of amides is 1. The summed E-state index contributed by atoms with van der Waals surface area (Å²) in [4.78, 5) is 38.4. The number of hydrogen-bond acceptors (Lipinski definition) is 7. The molecular formula is C23H20BrClN2O6. The van der Waals surface area contributed by atoms with Crippen molar-refractivity contribution in [3.63, 3.8) is 0 Å². The maximum atomic E-state index is 13.2. The Kier molecular flexibility index (Phi) is 7.61. The van der Waals surface area contributed by atoms with Gasteiger partial charge in [-0.2, -0.15) is 5.26 Å². The number of hydrogen-bond donors (Lipinski definition) is 1. The lowest BCUT2D eigenvalue weighted by atomic mass is 9.76. The third-order valence-electron chi connectivity index (χ3n) is 5.09. The van der Waals surface area contributed by atoms with Crippen molar-refractivity contribution in [3.8, 4) is 17.6 Å². The highest BCUT2D eigenvalue weighted by Crippen LogP contribution is 2.44. The molecule has 2 atom stereocenters. The number of Topliss-reactive ketones (excluding diaryl/α,β-unsaturated/α-hetero) is 1. The molecular weight excluding hydrogens is 516 g/mol. The normalized spacial score (nSPS) is 14.5. The number of carbonyl (C=O) groups excluding carboxylic acids is 3. The van der Waals surface area contributed by atoms with Gasteiger partial charge < -0.3 is 19.5 Å². The van der Waals surface area contributed by atoms with E-state index in [4.69, 9.17) is 25.8 Å². The first-order chi connectivity index (χ1) is 15.7. The largest absolute Gasteiger partial charge is 0.463 e. The van der Waals surface area contributed by atoms with E-state index < -0.39 is 23.3 Å². The van der Waals surface area contributed by atoms with Gasteiger partial charge in [-0.25, -0.2) is 4.79 Å². The lowest BCUT2D eigenvalue weighted by Crippen LogP contribution is -2.58. The smallest absolute Gasteiger partial charge is 0.347 e. The molecule has 172 valence electrons. The number of nitrogens with zero attached hydrogens (tertiary/aromatic N) is 1. The number of nitrogens with one attached hydrogen (secondary N) is 1. The van der Waals surface area contributed by atoms with Crippen LogP contribution in [0.2, 0.25) is 5.02 Å². The minimum Gasteiger partial charge on any atom is -0.463 e. The van der Waals surface area contributed by atoms with Crippen LogP contribution in [0.4, 0.5) is 0 Å². The molecule has 1 aliphatic heterocycles. The van der Waals surface area contributed by atoms with E-state index in [1.54, 1.807) is 43.3 Å². The van der Waals surface area contributed by atoms with Crippen LogP contribution in [0, 0.1) is 11.3 Å². The molecule has 1 N–H and O–H groups in total. The van der Waals surface area contributed by atoms with E-state index in [1.807, 2.05) is 6.07 Å². The maximum Gasteiger partial charge on any atom is 0.347 e. The van der Waals surface area contributed by atoms with Crippen molar-refractivity contribution in [1.29, 1.82) is 5.26 Å². The summed E-state index contributed by atoms with van der Waals surface area (Å²) in [5.41, 5.74) is -1.45. The van der Waals surface area contributed by atoms with Gasteiger partial charge in [-0.15, -0.1) is 0 Å². The average molecular weight is 536 g/mol. The zero-order valence-electron chi connectivity index (χ0n) is 17.8. The first kappa shape index (κ1) is 24.6. The van der Waals surface area contributed by atoms with Crippen molar-refractivity contribution >= 4 is 45.2 Å². The molecule has 0 aliphatic carbocycles. The highest BCUT2D eigenvalue weighted by molar-refractivity contribution is 9.10. The van der Waals surface area contributed by atoms with Crippen LogP contribution in [0.1, 0.15) is 42.1 Å². The van der Waals surface area contributed by atoms with Gasteiger partial charge in [0, 0.05) is 34.3 Å². The summed E-state index contributed by atoms with van der Waals surface area (Å²) in [5, 5.41) is 13.1. The molecule has 33 heavy (non-hydrogen) atoms. The molecule has 0 saturated heterocycles. The Balaban J connectivity index is 2.17. The van der Waals surface area contributed by atoms with Crippen LogP contribution < -0.4 is 14.8 Å². The van der Waals surface area contributed by atoms with Crippen LogP contribution in [0.5, 0.6) is 11.5 Å². The number of esters is 1. The van der Waals surface area contributed by atoms with Crippen molar-refractivity contribution < 1.29 is 28.6 Å². The number of ether oxygens (including phenoxy) is 3. The van der Waals surface area contributed by atoms with Gasteiger partial charge in [0.1, 0.15) is 6.07 Å². The Labute approximate surface area is 203 Å². The Hall–Kier alpha value is -3.09. The molecule has 1 heterocycles. The molecule has 1 amide bonds. The Bertz CT molecular complexity index is 1130.